The number of carbonyl (C=O) groups is 5. The number of nitrogens with one attached hydrogen (secondary N) is 3. The number of rotatable bonds is 16. The molecule has 2 rings (SSSR count). The lowest BCUT2D eigenvalue weighted by Crippen LogP contribution is -2.53. The first-order valence-electron chi connectivity index (χ1n) is 13.9. The van der Waals surface area contributed by atoms with Crippen molar-refractivity contribution >= 4 is 41.5 Å². The van der Waals surface area contributed by atoms with Crippen molar-refractivity contribution in [3.63, 3.8) is 0 Å². The molecule has 18 heteroatoms. The topological polar surface area (TPSA) is 290 Å². The number of nitrogens with zero attached hydrogens (tertiary/aromatic N) is 1. The van der Waals surface area contributed by atoms with Gasteiger partial charge in [0.25, 0.3) is 0 Å². The number of hydrogen-bond donors (Lipinski definition) is 9. The number of carboxylic acid groups (broad SMARTS) is 2. The maximum Gasteiger partial charge on any atom is 0.490 e. The highest BCUT2D eigenvalue weighted by Crippen LogP contribution is 2.22. The standard InChI is InChI=1S/C27H36N8O5.C2HF3O2/c28-23(29)18-10-8-16(9-11-18)15-19(17-5-2-1-3-6-17)25(39)35-21(12-13-22(36)37)26(40)34-20(24(30)38)7-4-14-33-27(31)32;3-2(4,5)1(6)7/h1-3,5-6,8-11,19-21H,4,7,12-15H2,(H3,28,29)(H2,30,38)(H,34,40)(H,35,39)(H,36,37)(H4,31,32,33);(H,6,7)/t19?,20-,21-;/m0./s1. The van der Waals surface area contributed by atoms with Gasteiger partial charge >= 0.3 is 18.1 Å². The molecule has 0 aliphatic carbocycles. The summed E-state index contributed by atoms with van der Waals surface area (Å²) in [5.41, 5.74) is 23.6. The molecule has 0 saturated carbocycles. The zero-order valence-electron chi connectivity index (χ0n) is 25.0. The number of benzene rings is 2. The third-order valence-corrected chi connectivity index (χ3v) is 6.35. The number of amidine groups is 1. The zero-order chi connectivity index (χ0) is 35.7. The highest BCUT2D eigenvalue weighted by Gasteiger charge is 2.38. The molecule has 0 bridgehead atoms. The molecule has 0 saturated heterocycles. The predicted molar refractivity (Wildman–Crippen MR) is 164 cm³/mol. The highest BCUT2D eigenvalue weighted by molar-refractivity contribution is 5.95. The second-order valence-electron chi connectivity index (χ2n) is 9.99. The van der Waals surface area contributed by atoms with Crippen molar-refractivity contribution < 1.29 is 47.4 Å². The van der Waals surface area contributed by atoms with Gasteiger partial charge in [-0.15, -0.1) is 0 Å². The van der Waals surface area contributed by atoms with E-state index in [9.17, 15) is 37.5 Å². The molecule has 0 heterocycles. The van der Waals surface area contributed by atoms with Crippen LogP contribution in [0.25, 0.3) is 0 Å². The van der Waals surface area contributed by atoms with Crippen LogP contribution in [-0.2, 0) is 30.4 Å². The molecular weight excluding hydrogens is 629 g/mol. The van der Waals surface area contributed by atoms with Crippen LogP contribution in [0.15, 0.2) is 59.6 Å². The van der Waals surface area contributed by atoms with Gasteiger partial charge in [0, 0.05) is 18.5 Å². The Hall–Kier alpha value is -5.68. The summed E-state index contributed by atoms with van der Waals surface area (Å²) in [4.78, 5) is 62.6. The van der Waals surface area contributed by atoms with E-state index in [2.05, 4.69) is 15.6 Å². The van der Waals surface area contributed by atoms with E-state index in [4.69, 9.17) is 38.2 Å². The Balaban J connectivity index is 0.00000141. The Morgan fingerprint density at radius 2 is 1.38 bits per heavy atom. The van der Waals surface area contributed by atoms with E-state index in [1.807, 2.05) is 0 Å². The molecule has 0 spiro atoms. The average molecular weight is 667 g/mol. The van der Waals surface area contributed by atoms with Crippen LogP contribution in [0.1, 0.15) is 48.3 Å². The van der Waals surface area contributed by atoms with E-state index < -0.39 is 60.3 Å². The summed E-state index contributed by atoms with van der Waals surface area (Å²) >= 11 is 0. The number of hydrogen-bond acceptors (Lipinski definition) is 7. The van der Waals surface area contributed by atoms with Gasteiger partial charge in [0.15, 0.2) is 5.96 Å². The molecule has 0 aliphatic rings. The Morgan fingerprint density at radius 1 is 0.830 bits per heavy atom. The molecule has 2 aromatic rings. The summed E-state index contributed by atoms with van der Waals surface area (Å²) in [7, 11) is 0. The number of alkyl halides is 3. The number of carboxylic acids is 2. The van der Waals surface area contributed by atoms with Gasteiger partial charge in [0.05, 0.1) is 5.92 Å². The van der Waals surface area contributed by atoms with Gasteiger partial charge in [-0.1, -0.05) is 54.6 Å². The van der Waals surface area contributed by atoms with Gasteiger partial charge in [-0.05, 0) is 36.8 Å². The molecule has 2 aromatic carbocycles. The van der Waals surface area contributed by atoms with Crippen LogP contribution in [-0.4, -0.2) is 76.5 Å². The number of halogens is 3. The highest BCUT2D eigenvalue weighted by atomic mass is 19.4. The molecule has 0 fully saturated rings. The van der Waals surface area contributed by atoms with Gasteiger partial charge in [0.2, 0.25) is 17.7 Å². The van der Waals surface area contributed by atoms with Crippen LogP contribution >= 0.6 is 0 Å². The second kappa shape index (κ2) is 19.0. The van der Waals surface area contributed by atoms with Crippen molar-refractivity contribution in [2.75, 3.05) is 6.54 Å². The van der Waals surface area contributed by atoms with Gasteiger partial charge in [-0.2, -0.15) is 13.2 Å². The fraction of sp³-hybridized carbons (Fsp3) is 0.345. The number of nitrogens with two attached hydrogens (primary N) is 4. The Morgan fingerprint density at radius 3 is 1.85 bits per heavy atom. The molecule has 0 aromatic heterocycles. The number of carbonyl (C=O) groups excluding carboxylic acids is 3. The minimum absolute atomic E-state index is 0.0818. The lowest BCUT2D eigenvalue weighted by molar-refractivity contribution is -0.192. The third-order valence-electron chi connectivity index (χ3n) is 6.35. The molecule has 0 radical (unpaired) electrons. The monoisotopic (exact) mass is 666 g/mol. The maximum absolute atomic E-state index is 13.6. The van der Waals surface area contributed by atoms with Gasteiger partial charge in [0.1, 0.15) is 17.9 Å². The van der Waals surface area contributed by atoms with Gasteiger partial charge in [-0.25, -0.2) is 4.79 Å². The Labute approximate surface area is 267 Å². The van der Waals surface area contributed by atoms with Crippen LogP contribution in [0.4, 0.5) is 13.2 Å². The van der Waals surface area contributed by atoms with Gasteiger partial charge in [-0.3, -0.25) is 29.6 Å². The van der Waals surface area contributed by atoms with Crippen molar-refractivity contribution in [1.29, 1.82) is 5.41 Å². The fourth-order valence-electron chi connectivity index (χ4n) is 3.97. The second-order valence-corrected chi connectivity index (χ2v) is 9.99. The Bertz CT molecular complexity index is 1420. The SMILES string of the molecule is N=C(N)c1ccc(CC(C(=O)N[C@@H](CCC(=O)O)C(=O)N[C@@H](CCCN=C(N)N)C(N)=O)c2ccccc2)cc1.O=C(O)C(F)(F)F. The molecule has 47 heavy (non-hydrogen) atoms. The van der Waals surface area contributed by atoms with E-state index in [0.717, 1.165) is 5.56 Å². The number of aliphatic imine (C=N–C) groups is 1. The van der Waals surface area contributed by atoms with E-state index in [0.29, 0.717) is 17.5 Å². The quantitative estimate of drug-likeness (QED) is 0.0671. The molecule has 256 valence electrons. The van der Waals surface area contributed by atoms with Crippen LogP contribution in [0, 0.1) is 5.41 Å². The van der Waals surface area contributed by atoms with E-state index in [-0.39, 0.29) is 37.6 Å². The van der Waals surface area contributed by atoms with Crippen LogP contribution in [0.3, 0.4) is 0 Å². The molecule has 15 nitrogen and oxygen atoms in total. The Kier molecular flexibility index (Phi) is 15.9. The average Bonchev–Trinajstić information content (AvgIpc) is 2.99. The first-order valence-corrected chi connectivity index (χ1v) is 13.9. The summed E-state index contributed by atoms with van der Waals surface area (Å²) in [5.74, 6) is -6.86. The van der Waals surface area contributed by atoms with Crippen molar-refractivity contribution in [2.45, 2.75) is 56.3 Å². The summed E-state index contributed by atoms with van der Waals surface area (Å²) in [6.45, 7) is 0.216. The number of nitrogen functional groups attached to an aromatic ring is 1. The van der Waals surface area contributed by atoms with E-state index >= 15 is 0 Å². The van der Waals surface area contributed by atoms with E-state index in [1.165, 1.54) is 0 Å². The van der Waals surface area contributed by atoms with Crippen LogP contribution in [0.2, 0.25) is 0 Å². The summed E-state index contributed by atoms with van der Waals surface area (Å²) in [6, 6.07) is 13.5. The fourth-order valence-corrected chi connectivity index (χ4v) is 3.97. The van der Waals surface area contributed by atoms with Crippen molar-refractivity contribution in [2.24, 2.45) is 27.9 Å². The van der Waals surface area contributed by atoms with Crippen molar-refractivity contribution in [3.05, 3.63) is 71.3 Å². The smallest absolute Gasteiger partial charge is 0.481 e. The summed E-state index contributed by atoms with van der Waals surface area (Å²) in [5, 5.41) is 29.1. The summed E-state index contributed by atoms with van der Waals surface area (Å²) in [6.07, 6.45) is -4.94. The normalized spacial score (nSPS) is 12.6. The summed E-state index contributed by atoms with van der Waals surface area (Å²) < 4.78 is 31.7. The van der Waals surface area contributed by atoms with Gasteiger partial charge < -0.3 is 43.8 Å². The molecule has 3 amide bonds. The minimum atomic E-state index is -5.08. The number of amides is 3. The number of guanidine groups is 1. The zero-order valence-corrected chi connectivity index (χ0v) is 25.0. The predicted octanol–water partition coefficient (Wildman–Crippen LogP) is 0.304. The third kappa shape index (κ3) is 15.2. The van der Waals surface area contributed by atoms with Crippen LogP contribution in [0.5, 0.6) is 0 Å². The molecule has 1 unspecified atom stereocenters. The van der Waals surface area contributed by atoms with Crippen molar-refractivity contribution in [3.8, 4) is 0 Å². The lowest BCUT2D eigenvalue weighted by atomic mass is 9.90. The molecule has 13 N–H and O–H groups in total. The number of aliphatic carboxylic acids is 2. The first-order chi connectivity index (χ1) is 21.9. The van der Waals surface area contributed by atoms with Crippen LogP contribution < -0.4 is 33.6 Å². The molecular formula is C29H37F3N8O7. The number of primary amides is 1. The van der Waals surface area contributed by atoms with Crippen molar-refractivity contribution in [1.82, 2.24) is 10.6 Å². The first kappa shape index (κ1) is 39.3. The minimum Gasteiger partial charge on any atom is -0.481 e. The molecule has 3 atom stereocenters. The largest absolute Gasteiger partial charge is 0.490 e. The molecule has 0 aliphatic heterocycles. The van der Waals surface area contributed by atoms with E-state index in [1.54, 1.807) is 54.6 Å². The maximum atomic E-state index is 13.6. The lowest BCUT2D eigenvalue weighted by Gasteiger charge is -2.24.